The molecule has 1 aliphatic rings. The average Bonchev–Trinajstić information content (AvgIpc) is 3.15. The van der Waals surface area contributed by atoms with Crippen LogP contribution in [0.2, 0.25) is 0 Å². The molecule has 1 atom stereocenters. The summed E-state index contributed by atoms with van der Waals surface area (Å²) in [5.41, 5.74) is 1.88. The van der Waals surface area contributed by atoms with Gasteiger partial charge >= 0.3 is 0 Å². The van der Waals surface area contributed by atoms with Crippen molar-refractivity contribution in [1.29, 1.82) is 0 Å². The quantitative estimate of drug-likeness (QED) is 0.262. The van der Waals surface area contributed by atoms with E-state index in [1.165, 1.54) is 6.20 Å². The molecule has 0 spiro atoms. The summed E-state index contributed by atoms with van der Waals surface area (Å²) in [6.07, 6.45) is 1.42. The molecule has 0 radical (unpaired) electrons. The number of benzene rings is 3. The number of nitrogens with one attached hydrogen (secondary N) is 3. The molecule has 0 saturated carbocycles. The fraction of sp³-hybridized carbons (Fsp3) is 0.172. The molecule has 5 rings (SSSR count). The maximum atomic E-state index is 13.2. The minimum atomic E-state index is -0.918. The number of para-hydroxylation sites is 1. The van der Waals surface area contributed by atoms with Crippen molar-refractivity contribution in [2.45, 2.75) is 25.5 Å². The summed E-state index contributed by atoms with van der Waals surface area (Å²) in [5.74, 6) is 0.462. The average molecular weight is 510 g/mol. The summed E-state index contributed by atoms with van der Waals surface area (Å²) < 4.78 is 5.81. The van der Waals surface area contributed by atoms with Gasteiger partial charge in [0.1, 0.15) is 17.1 Å². The van der Waals surface area contributed by atoms with E-state index in [1.807, 2.05) is 48.5 Å². The Hall–Kier alpha value is -4.76. The molecule has 4 aromatic rings. The lowest BCUT2D eigenvalue weighted by Gasteiger charge is -2.20. The van der Waals surface area contributed by atoms with Gasteiger partial charge in [0.05, 0.1) is 18.2 Å². The van der Waals surface area contributed by atoms with Crippen molar-refractivity contribution in [1.82, 2.24) is 9.97 Å². The number of rotatable bonds is 8. The number of hydrogen-bond donors (Lipinski definition) is 4. The molecule has 0 bridgehead atoms. The highest BCUT2D eigenvalue weighted by atomic mass is 16.5. The summed E-state index contributed by atoms with van der Waals surface area (Å²) in [7, 11) is 0. The number of amides is 1. The second-order valence-electron chi connectivity index (χ2n) is 9.34. The lowest BCUT2D eigenvalue weighted by Crippen LogP contribution is -2.31. The Kier molecular flexibility index (Phi) is 6.76. The summed E-state index contributed by atoms with van der Waals surface area (Å²) in [6, 6.07) is 23.1. The topological polar surface area (TPSA) is 125 Å². The van der Waals surface area contributed by atoms with Gasteiger partial charge in [-0.1, -0.05) is 48.5 Å². The van der Waals surface area contributed by atoms with Crippen molar-refractivity contribution in [3.05, 3.63) is 102 Å². The van der Waals surface area contributed by atoms with E-state index in [1.54, 1.807) is 44.2 Å². The van der Waals surface area contributed by atoms with Crippen LogP contribution in [0.1, 0.15) is 46.2 Å². The molecule has 192 valence electrons. The number of carbonyl (C=O) groups is 2. The van der Waals surface area contributed by atoms with Crippen LogP contribution in [-0.4, -0.2) is 39.0 Å². The highest BCUT2D eigenvalue weighted by Crippen LogP contribution is 2.37. The first-order valence-electron chi connectivity index (χ1n) is 12.1. The molecule has 4 N–H and O–H groups in total. The van der Waals surface area contributed by atoms with Crippen LogP contribution in [-0.2, 0) is 0 Å². The van der Waals surface area contributed by atoms with Gasteiger partial charge in [-0.05, 0) is 43.7 Å². The molecule has 0 saturated heterocycles. The Morgan fingerprint density at radius 2 is 1.71 bits per heavy atom. The molecule has 0 fully saturated rings. The van der Waals surface area contributed by atoms with Gasteiger partial charge in [0, 0.05) is 23.6 Å². The van der Waals surface area contributed by atoms with Crippen LogP contribution in [0.4, 0.5) is 23.1 Å². The summed E-state index contributed by atoms with van der Waals surface area (Å²) in [6.45, 7) is 3.24. The molecule has 0 unspecified atom stereocenters. The first-order chi connectivity index (χ1) is 18.3. The highest BCUT2D eigenvalue weighted by Gasteiger charge is 2.39. The number of fused-ring (bicyclic) bond motifs is 1. The monoisotopic (exact) mass is 509 g/mol. The maximum Gasteiger partial charge on any atom is 0.260 e. The third-order valence-electron chi connectivity index (χ3n) is 6.15. The van der Waals surface area contributed by atoms with Crippen molar-refractivity contribution >= 4 is 34.8 Å². The van der Waals surface area contributed by atoms with E-state index in [0.717, 1.165) is 5.56 Å². The van der Waals surface area contributed by atoms with Gasteiger partial charge in [-0.3, -0.25) is 9.59 Å². The molecule has 38 heavy (non-hydrogen) atoms. The van der Waals surface area contributed by atoms with Crippen molar-refractivity contribution < 1.29 is 19.4 Å². The van der Waals surface area contributed by atoms with Crippen molar-refractivity contribution in [2.24, 2.45) is 0 Å². The zero-order valence-corrected chi connectivity index (χ0v) is 20.9. The number of hydrogen-bond acceptors (Lipinski definition) is 8. The zero-order valence-electron chi connectivity index (χ0n) is 20.9. The third kappa shape index (κ3) is 5.18. The molecular formula is C29H27N5O4. The molecule has 1 aromatic heterocycles. The Bertz CT molecular complexity index is 1480. The number of aromatic nitrogens is 2. The van der Waals surface area contributed by atoms with Crippen LogP contribution in [0.3, 0.4) is 0 Å². The van der Waals surface area contributed by atoms with E-state index in [0.29, 0.717) is 22.7 Å². The van der Waals surface area contributed by atoms with Gasteiger partial charge in [-0.25, -0.2) is 4.98 Å². The van der Waals surface area contributed by atoms with Gasteiger partial charge < -0.3 is 25.8 Å². The number of aliphatic hydroxyl groups excluding tert-OH is 1. The number of ketones is 1. The smallest absolute Gasteiger partial charge is 0.260 e. The van der Waals surface area contributed by atoms with Gasteiger partial charge in [0.25, 0.3) is 5.91 Å². The van der Waals surface area contributed by atoms with Crippen molar-refractivity contribution in [2.75, 3.05) is 22.6 Å². The lowest BCUT2D eigenvalue weighted by atomic mass is 10.00. The standard InChI is InChI=1S/C29H27N5O4/c1-29(2)25(36)21-14-13-20(15-24(21)38-29)32-28-30-16-22(27(37)31-19-11-7-4-8-12-19)26(34-28)33-23(17-35)18-9-5-3-6-10-18/h3-16,23,35H,17H2,1-2H3,(H,31,37)(H2,30,32,33,34)/t23-/m1/s1. The van der Waals surface area contributed by atoms with E-state index in [9.17, 15) is 14.7 Å². The van der Waals surface area contributed by atoms with E-state index in [4.69, 9.17) is 4.74 Å². The number of carbonyl (C=O) groups excluding carboxylic acids is 2. The Labute approximate surface area is 219 Å². The first kappa shape index (κ1) is 24.9. The number of ether oxygens (including phenoxy) is 1. The van der Waals surface area contributed by atoms with Gasteiger partial charge in [0.15, 0.2) is 5.60 Å². The highest BCUT2D eigenvalue weighted by molar-refractivity contribution is 6.08. The van der Waals surface area contributed by atoms with E-state index in [-0.39, 0.29) is 29.7 Å². The Morgan fingerprint density at radius 3 is 2.42 bits per heavy atom. The fourth-order valence-electron chi connectivity index (χ4n) is 4.17. The molecule has 9 heteroatoms. The number of Topliss-reactive ketones (excluding diaryl/α,β-unsaturated/α-hetero) is 1. The molecule has 1 aliphatic heterocycles. The SMILES string of the molecule is CC1(C)Oc2cc(Nc3ncc(C(=O)Nc4ccccc4)c(N[C@H](CO)c4ccccc4)n3)ccc2C1=O. The van der Waals surface area contributed by atoms with Crippen LogP contribution in [0.5, 0.6) is 5.75 Å². The predicted octanol–water partition coefficient (Wildman–Crippen LogP) is 4.97. The minimum absolute atomic E-state index is 0.0773. The molecule has 3 aromatic carbocycles. The molecule has 2 heterocycles. The van der Waals surface area contributed by atoms with Gasteiger partial charge in [-0.15, -0.1) is 0 Å². The maximum absolute atomic E-state index is 13.2. The largest absolute Gasteiger partial charge is 0.479 e. The molecular weight excluding hydrogens is 482 g/mol. The van der Waals surface area contributed by atoms with Crippen LogP contribution in [0, 0.1) is 0 Å². The van der Waals surface area contributed by atoms with E-state index < -0.39 is 17.6 Å². The summed E-state index contributed by atoms with van der Waals surface area (Å²) >= 11 is 0. The Balaban J connectivity index is 1.45. The number of aliphatic hydroxyl groups is 1. The van der Waals surface area contributed by atoms with Gasteiger partial charge in [-0.2, -0.15) is 4.98 Å². The van der Waals surface area contributed by atoms with Gasteiger partial charge in [0.2, 0.25) is 11.7 Å². The first-order valence-corrected chi connectivity index (χ1v) is 12.1. The third-order valence-corrected chi connectivity index (χ3v) is 6.15. The van der Waals surface area contributed by atoms with Crippen LogP contribution >= 0.6 is 0 Å². The summed E-state index contributed by atoms with van der Waals surface area (Å²) in [4.78, 5) is 34.6. The second-order valence-corrected chi connectivity index (χ2v) is 9.34. The van der Waals surface area contributed by atoms with Crippen LogP contribution < -0.4 is 20.7 Å². The molecule has 9 nitrogen and oxygen atoms in total. The Morgan fingerprint density at radius 1 is 1.00 bits per heavy atom. The van der Waals surface area contributed by atoms with E-state index >= 15 is 0 Å². The van der Waals surface area contributed by atoms with Crippen molar-refractivity contribution in [3.8, 4) is 5.75 Å². The fourth-order valence-corrected chi connectivity index (χ4v) is 4.17. The normalized spacial score (nSPS) is 14.2. The second kappa shape index (κ2) is 10.3. The summed E-state index contributed by atoms with van der Waals surface area (Å²) in [5, 5.41) is 19.3. The number of nitrogens with zero attached hydrogens (tertiary/aromatic N) is 2. The van der Waals surface area contributed by atoms with E-state index in [2.05, 4.69) is 25.9 Å². The number of anilines is 4. The van der Waals surface area contributed by atoms with Crippen molar-refractivity contribution in [3.63, 3.8) is 0 Å². The molecule has 0 aliphatic carbocycles. The van der Waals surface area contributed by atoms with Crippen LogP contribution in [0.25, 0.3) is 0 Å². The van der Waals surface area contributed by atoms with Crippen LogP contribution in [0.15, 0.2) is 85.1 Å². The lowest BCUT2D eigenvalue weighted by molar-refractivity contribution is 0.0684. The minimum Gasteiger partial charge on any atom is -0.479 e. The zero-order chi connectivity index (χ0) is 26.7. The molecule has 1 amide bonds. The predicted molar refractivity (Wildman–Crippen MR) is 145 cm³/mol.